The molecule has 0 saturated carbocycles. The number of carbonyl (C=O) groups is 7. The largest absolute Gasteiger partial charge is 0.444 e. The third kappa shape index (κ3) is 13.4. The first kappa shape index (κ1) is 48.4. The lowest BCUT2D eigenvalue weighted by molar-refractivity contribution is -0.144. The Morgan fingerprint density at radius 1 is 0.873 bits per heavy atom. The summed E-state index contributed by atoms with van der Waals surface area (Å²) in [5.41, 5.74) is 3.12. The van der Waals surface area contributed by atoms with Crippen LogP contribution in [0.25, 0.3) is 0 Å². The third-order valence-corrected chi connectivity index (χ3v) is 12.5. The number of tetrazole rings is 1. The Kier molecular flexibility index (Phi) is 17.8. The lowest BCUT2D eigenvalue weighted by Gasteiger charge is -2.32. The van der Waals surface area contributed by atoms with Crippen molar-refractivity contribution in [2.75, 3.05) is 13.1 Å². The molecule has 0 aliphatic carbocycles. The summed E-state index contributed by atoms with van der Waals surface area (Å²) in [5, 5.41) is 16.8. The van der Waals surface area contributed by atoms with Gasteiger partial charge in [0.1, 0.15) is 17.9 Å². The van der Waals surface area contributed by atoms with Gasteiger partial charge in [0.05, 0.1) is 12.6 Å². The molecule has 5 rings (SSSR count). The number of carbonyl (C=O) groups excluding carboxylic acids is 7. The van der Waals surface area contributed by atoms with E-state index in [1.54, 1.807) is 18.7 Å². The van der Waals surface area contributed by atoms with Crippen LogP contribution in [0.3, 0.4) is 0 Å². The van der Waals surface area contributed by atoms with E-state index in [0.29, 0.717) is 57.4 Å². The van der Waals surface area contributed by atoms with E-state index < -0.39 is 71.2 Å². The van der Waals surface area contributed by atoms with Gasteiger partial charge >= 0.3 is 6.09 Å². The Hall–Kier alpha value is -5.60. The van der Waals surface area contributed by atoms with E-state index in [-0.39, 0.29) is 56.3 Å². The number of hydrogen-bond donors (Lipinski definition) is 2. The van der Waals surface area contributed by atoms with E-state index in [1.165, 1.54) is 4.90 Å². The molecular weight excluding hydrogens is 803 g/mol. The van der Waals surface area contributed by atoms with E-state index in [4.69, 9.17) is 4.74 Å². The summed E-state index contributed by atoms with van der Waals surface area (Å²) in [6, 6.07) is 15.2. The molecule has 6 atom stereocenters. The Labute approximate surface area is 370 Å². The molecule has 2 aromatic carbocycles. The summed E-state index contributed by atoms with van der Waals surface area (Å²) in [5.74, 6) is -4.44. The summed E-state index contributed by atoms with van der Waals surface area (Å²) in [6.07, 6.45) is 2.01. The Morgan fingerprint density at radius 3 is 2.25 bits per heavy atom. The van der Waals surface area contributed by atoms with Gasteiger partial charge in [-0.15, -0.1) is 10.2 Å². The van der Waals surface area contributed by atoms with Crippen molar-refractivity contribution >= 4 is 41.0 Å². The van der Waals surface area contributed by atoms with Crippen LogP contribution in [-0.2, 0) is 52.9 Å². The van der Waals surface area contributed by atoms with Crippen LogP contribution in [0.4, 0.5) is 4.79 Å². The smallest absolute Gasteiger partial charge is 0.410 e. The molecule has 3 aromatic rings. The van der Waals surface area contributed by atoms with Crippen LogP contribution in [0.1, 0.15) is 128 Å². The van der Waals surface area contributed by atoms with Crippen LogP contribution in [0, 0.1) is 23.7 Å². The highest BCUT2D eigenvalue weighted by atomic mass is 16.6. The monoisotopic (exact) mass is 867 g/mol. The van der Waals surface area contributed by atoms with Gasteiger partial charge in [-0.1, -0.05) is 108 Å². The maximum atomic E-state index is 14.7. The first-order valence-corrected chi connectivity index (χ1v) is 22.7. The zero-order valence-electron chi connectivity index (χ0n) is 37.7. The molecule has 2 unspecified atom stereocenters. The minimum absolute atomic E-state index is 0.00136. The van der Waals surface area contributed by atoms with Gasteiger partial charge in [0.2, 0.25) is 17.6 Å². The fourth-order valence-corrected chi connectivity index (χ4v) is 8.68. The van der Waals surface area contributed by atoms with Crippen LogP contribution in [0.2, 0.25) is 0 Å². The van der Waals surface area contributed by atoms with Crippen LogP contribution in [0.5, 0.6) is 0 Å². The normalized spacial score (nSPS) is 18.0. The molecule has 2 aliphatic rings. The van der Waals surface area contributed by atoms with Gasteiger partial charge in [-0.25, -0.2) is 4.79 Å². The standard InChI is InChI=1S/C48H65N7O8/c1-7-15-35(45(59)42(58)24-32(6)33-16-9-8-10-17-33)25-41(57)40-27-38(63-48(62)54-23-22-34-18-11-12-19-36(34)28-54)29-55(40)47(61)44(31(4)5)49-46(60)39(30(2)3)26-37(56)20-13-14-21-43-50-52-53-51-43/h8-12,16-19,30-32,35,38-40,44H,7,13-15,20-29H2,1-6H3,(H,49,60)(H,50,51,52,53)/t32-,35?,38-,39-,40?,44+/m1/s1. The summed E-state index contributed by atoms with van der Waals surface area (Å²) >= 11 is 0. The molecule has 2 aliphatic heterocycles. The van der Waals surface area contributed by atoms with Crippen molar-refractivity contribution in [1.29, 1.82) is 0 Å². The number of Topliss-reactive ketones (excluding diaryl/α,β-unsaturated/α-hetero) is 4. The van der Waals surface area contributed by atoms with Gasteiger partial charge < -0.3 is 19.9 Å². The van der Waals surface area contributed by atoms with Crippen molar-refractivity contribution in [2.45, 2.75) is 143 Å². The summed E-state index contributed by atoms with van der Waals surface area (Å²) in [6.45, 7) is 11.8. The van der Waals surface area contributed by atoms with Gasteiger partial charge in [0.25, 0.3) is 0 Å². The average Bonchev–Trinajstić information content (AvgIpc) is 3.96. The molecule has 0 bridgehead atoms. The van der Waals surface area contributed by atoms with Gasteiger partial charge in [0, 0.05) is 63.5 Å². The van der Waals surface area contributed by atoms with Crippen molar-refractivity contribution in [1.82, 2.24) is 35.7 Å². The molecular formula is C48H65N7O8. The number of aromatic nitrogens is 4. The Morgan fingerprint density at radius 2 is 1.59 bits per heavy atom. The lowest BCUT2D eigenvalue weighted by Crippen LogP contribution is -2.55. The maximum Gasteiger partial charge on any atom is 0.410 e. The first-order chi connectivity index (χ1) is 30.2. The van der Waals surface area contributed by atoms with Gasteiger partial charge in [-0.2, -0.15) is 5.21 Å². The number of benzene rings is 2. The van der Waals surface area contributed by atoms with Crippen LogP contribution >= 0.6 is 0 Å². The predicted octanol–water partition coefficient (Wildman–Crippen LogP) is 6.16. The number of rotatable bonds is 23. The second kappa shape index (κ2) is 23.2. The predicted molar refractivity (Wildman–Crippen MR) is 235 cm³/mol. The molecule has 15 nitrogen and oxygen atoms in total. The highest BCUT2D eigenvalue weighted by Crippen LogP contribution is 2.30. The van der Waals surface area contributed by atoms with Crippen molar-refractivity contribution < 1.29 is 38.3 Å². The zero-order valence-corrected chi connectivity index (χ0v) is 37.7. The van der Waals surface area contributed by atoms with Crippen molar-refractivity contribution in [2.24, 2.45) is 23.7 Å². The number of aryl methyl sites for hydroxylation is 1. The van der Waals surface area contributed by atoms with Gasteiger partial charge in [-0.05, 0) is 60.1 Å². The maximum absolute atomic E-state index is 14.7. The molecule has 15 heteroatoms. The number of nitrogens with one attached hydrogen (secondary N) is 2. The fourth-order valence-electron chi connectivity index (χ4n) is 8.68. The molecule has 2 N–H and O–H groups in total. The minimum Gasteiger partial charge on any atom is -0.444 e. The van der Waals surface area contributed by atoms with E-state index in [1.807, 2.05) is 82.3 Å². The van der Waals surface area contributed by atoms with Crippen LogP contribution in [-0.4, -0.2) is 103 Å². The number of ether oxygens (including phenoxy) is 1. The highest BCUT2D eigenvalue weighted by molar-refractivity contribution is 6.38. The van der Waals surface area contributed by atoms with Crippen molar-refractivity contribution in [3.63, 3.8) is 0 Å². The number of ketones is 4. The molecule has 1 aromatic heterocycles. The minimum atomic E-state index is -1.07. The first-order valence-electron chi connectivity index (χ1n) is 22.7. The summed E-state index contributed by atoms with van der Waals surface area (Å²) < 4.78 is 6.03. The molecule has 3 heterocycles. The number of nitrogens with zero attached hydrogens (tertiary/aromatic N) is 5. The lowest BCUT2D eigenvalue weighted by atomic mass is 9.85. The third-order valence-electron chi connectivity index (χ3n) is 12.5. The summed E-state index contributed by atoms with van der Waals surface area (Å²) in [7, 11) is 0. The number of amides is 3. The number of hydrogen-bond acceptors (Lipinski definition) is 11. The molecule has 0 radical (unpaired) electrons. The number of fused-ring (bicyclic) bond motifs is 1. The van der Waals surface area contributed by atoms with Crippen molar-refractivity contribution in [3.8, 4) is 0 Å². The molecule has 0 spiro atoms. The number of likely N-dealkylation sites (tertiary alicyclic amines) is 1. The average molecular weight is 868 g/mol. The molecule has 3 amide bonds. The topological polar surface area (TPSA) is 202 Å². The van der Waals surface area contributed by atoms with Crippen LogP contribution in [0.15, 0.2) is 54.6 Å². The quantitative estimate of drug-likeness (QED) is 0.0817. The molecule has 1 saturated heterocycles. The SMILES string of the molecule is CCCC(CC(=O)C1C[C@@H](OC(=O)N2CCc3ccccc3C2)CN1C(=O)[C@@H](NC(=O)[C@H](CC(=O)CCCCc1nn[nH]n1)C(C)C)C(C)C)C(=O)C(=O)C[C@@H](C)c1ccccc1. The van der Waals surface area contributed by atoms with E-state index in [9.17, 15) is 33.6 Å². The van der Waals surface area contributed by atoms with Gasteiger partial charge in [-0.3, -0.25) is 28.8 Å². The van der Waals surface area contributed by atoms with Crippen LogP contribution < -0.4 is 5.32 Å². The fraction of sp³-hybridized carbons (Fsp3) is 0.583. The molecule has 340 valence electrons. The van der Waals surface area contributed by atoms with E-state index >= 15 is 0 Å². The Balaban J connectivity index is 1.30. The zero-order chi connectivity index (χ0) is 45.6. The second-order valence-electron chi connectivity index (χ2n) is 18.0. The second-order valence-corrected chi connectivity index (χ2v) is 18.0. The van der Waals surface area contributed by atoms with Gasteiger partial charge in [0.15, 0.2) is 17.4 Å². The molecule has 1 fully saturated rings. The molecule has 63 heavy (non-hydrogen) atoms. The summed E-state index contributed by atoms with van der Waals surface area (Å²) in [4.78, 5) is 100. The van der Waals surface area contributed by atoms with E-state index in [0.717, 1.165) is 16.7 Å². The Bertz CT molecular complexity index is 2040. The van der Waals surface area contributed by atoms with Crippen molar-refractivity contribution in [3.05, 3.63) is 77.1 Å². The number of unbranched alkanes of at least 4 members (excludes halogenated alkanes) is 1. The number of aromatic amines is 1. The number of H-pyrrole nitrogens is 1. The highest BCUT2D eigenvalue weighted by Gasteiger charge is 2.46. The van der Waals surface area contributed by atoms with E-state index in [2.05, 4.69) is 25.9 Å².